The van der Waals surface area contributed by atoms with Gasteiger partial charge in [0.25, 0.3) is 0 Å². The van der Waals surface area contributed by atoms with E-state index in [2.05, 4.69) is 74.1 Å². The number of benzene rings is 3. The Balaban J connectivity index is 1.66. The number of carbonyl (C=O) groups excluding carboxylic acids is 17. The van der Waals surface area contributed by atoms with E-state index in [1.807, 2.05) is 0 Å². The average molecular weight is 1670 g/mol. The number of thioether (sulfide) groups is 1. The molecule has 118 heavy (non-hydrogen) atoms. The van der Waals surface area contributed by atoms with Gasteiger partial charge in [0.2, 0.25) is 100 Å². The van der Waals surface area contributed by atoms with E-state index in [1.54, 1.807) is 24.3 Å². The number of H-pyrrole nitrogens is 1. The van der Waals surface area contributed by atoms with Crippen LogP contribution in [0.3, 0.4) is 0 Å². The first-order chi connectivity index (χ1) is 55.9. The summed E-state index contributed by atoms with van der Waals surface area (Å²) in [5, 5.41) is 54.5. The number of unbranched alkanes of at least 4 members (excludes halogenated alkanes) is 2. The first-order valence-corrected chi connectivity index (χ1v) is 39.3. The fraction of sp³-hybridized carbons (Fsp3) is 0.500. The second kappa shape index (κ2) is 48.3. The van der Waals surface area contributed by atoms with E-state index in [4.69, 9.17) is 39.1 Å². The minimum atomic E-state index is -2.07. The summed E-state index contributed by atoms with van der Waals surface area (Å²) >= 11 is 0.894. The number of aliphatic hydroxyl groups excluding tert-OH is 1. The number of carboxylic acid groups (broad SMARTS) is 1. The molecule has 1 fully saturated rings. The minimum absolute atomic E-state index is 0.0878. The molecule has 12 atom stereocenters. The average Bonchev–Trinajstić information content (AvgIpc) is 1.09. The van der Waals surface area contributed by atoms with Crippen molar-refractivity contribution in [2.75, 3.05) is 44.3 Å². The van der Waals surface area contributed by atoms with Gasteiger partial charge in [-0.3, -0.25) is 81.5 Å². The second-order valence-corrected chi connectivity index (χ2v) is 29.6. The van der Waals surface area contributed by atoms with Crippen molar-refractivity contribution in [1.82, 2.24) is 74.1 Å². The van der Waals surface area contributed by atoms with Crippen molar-refractivity contribution in [3.8, 4) is 5.75 Å². The Morgan fingerprint density at radius 3 is 1.77 bits per heavy atom. The molecule has 42 heteroatoms. The molecule has 1 saturated heterocycles. The van der Waals surface area contributed by atoms with E-state index < -0.39 is 230 Å². The number of ether oxygens (including phenoxy) is 1. The van der Waals surface area contributed by atoms with E-state index in [0.29, 0.717) is 27.8 Å². The molecule has 41 nitrogen and oxygen atoms in total. The van der Waals surface area contributed by atoms with Gasteiger partial charge in [0.05, 0.1) is 24.6 Å². The highest BCUT2D eigenvalue weighted by Crippen LogP contribution is 2.23. The predicted molar refractivity (Wildman–Crippen MR) is 427 cm³/mol. The van der Waals surface area contributed by atoms with Crippen LogP contribution in [0.25, 0.3) is 10.9 Å². The molecule has 0 bridgehead atoms. The molecule has 28 N–H and O–H groups in total. The zero-order valence-electron chi connectivity index (χ0n) is 65.9. The molecular weight excluding hydrogens is 1560 g/mol. The van der Waals surface area contributed by atoms with Crippen LogP contribution in [0.4, 0.5) is 0 Å². The summed E-state index contributed by atoms with van der Waals surface area (Å²) < 4.78 is 5.69. The fourth-order valence-corrected chi connectivity index (χ4v) is 13.4. The molecule has 0 radical (unpaired) electrons. The van der Waals surface area contributed by atoms with E-state index in [9.17, 15) is 72.5 Å². The number of aromatic carboxylic acids is 1. The first kappa shape index (κ1) is 96.3. The van der Waals surface area contributed by atoms with Crippen LogP contribution in [0.1, 0.15) is 132 Å². The molecule has 0 unspecified atom stereocenters. The van der Waals surface area contributed by atoms with Gasteiger partial charge < -0.3 is 123 Å². The van der Waals surface area contributed by atoms with Crippen LogP contribution in [-0.4, -0.2) is 238 Å². The maximum atomic E-state index is 15.6. The van der Waals surface area contributed by atoms with E-state index in [1.165, 1.54) is 68.6 Å². The summed E-state index contributed by atoms with van der Waals surface area (Å²) in [6, 6.07) is 0.798. The van der Waals surface area contributed by atoms with E-state index in [-0.39, 0.29) is 100 Å². The van der Waals surface area contributed by atoms with E-state index in [0.717, 1.165) is 25.6 Å². The van der Waals surface area contributed by atoms with Crippen molar-refractivity contribution in [2.45, 2.75) is 196 Å². The number of para-hydroxylation sites is 1. The second-order valence-electron chi connectivity index (χ2n) is 28.5. The fourth-order valence-electron chi connectivity index (χ4n) is 12.3. The Bertz CT molecular complexity index is 4230. The number of carbonyl (C=O) groups is 18. The lowest BCUT2D eigenvalue weighted by Crippen LogP contribution is -2.64. The SMILES string of the molecule is CC(=O)NCCCC[C@H](NC(=O)[C@](C)(CCCCN)NC(=O)[C@H](Cc1ccc(C(=O)O)cc1)NC(=O)[C@H](Cc1ccc(OCCN)cc1)NC(=O)[C@@H]1CSCC[C@H](NC(C)=O)C(=O)N[C@@H](CCC(N)=O)C(=O)N[C@@H]([C@@H](C)O)C(=O)N[C@@H](Cc2c[nH]c3ccccc23)C(=O)N[C@@H](CCC(N)=O)C(=O)N1)C(=O)N[C@@H](CC(N)=O)C(=O)NCC(N)=O. The molecule has 17 amide bonds. The number of aromatic nitrogens is 1. The quantitative estimate of drug-likeness (QED) is 0.0184. The first-order valence-electron chi connectivity index (χ1n) is 38.1. The predicted octanol–water partition coefficient (Wildman–Crippen LogP) is -6.06. The van der Waals surface area contributed by atoms with Crippen molar-refractivity contribution in [2.24, 2.45) is 34.4 Å². The van der Waals surface area contributed by atoms with Crippen molar-refractivity contribution in [1.29, 1.82) is 0 Å². The standard InChI is InChI=1S/C76H108N20O21S/c1-40(97)63-73(113)92-56(35-46-37-84-49-12-6-5-11-48(46)49)70(110)88-51(22-24-59(79)100)66(106)93-58(39-118-32-26-53(86-42(3)99)67(107)87-52(68(108)95-63)23-25-60(80)101)71(111)89-54(33-44-16-20-47(21-17-44)117-31-29-78)69(109)90-55(34-43-14-18-45(19-15-43)74(114)115)72(112)96-76(4,27-8-9-28-77)75(116)94-50(13-7-10-30-83-41(2)98)65(105)91-57(36-61(81)102)64(104)85-38-62(82)103/h5-6,11-12,14-21,37,40,50-58,63,84,97H,7-10,13,22-36,38-39,77-78H2,1-4H3,(H2,79,100)(H2,80,101)(H2,81,102)(H2,82,103)(H,83,98)(H,85,104)(H,86,99)(H,87,107)(H,88,110)(H,89,111)(H,90,109)(H,91,105)(H,92,113)(H,93,106)(H,94,116)(H,95,108)(H,96,112)(H,114,115)/t40-,50+,51+,52+,53+,54+,55+,56+,57+,58+,63+,76+/m1/s1. The lowest BCUT2D eigenvalue weighted by atomic mass is 9.91. The lowest BCUT2D eigenvalue weighted by molar-refractivity contribution is -0.138. The molecule has 0 aliphatic carbocycles. The van der Waals surface area contributed by atoms with Gasteiger partial charge in [-0.1, -0.05) is 42.5 Å². The normalized spacial score (nSPS) is 18.7. The van der Waals surface area contributed by atoms with Crippen molar-refractivity contribution in [3.63, 3.8) is 0 Å². The molecule has 1 aliphatic rings. The number of fused-ring (bicyclic) bond motifs is 1. The third-order valence-electron chi connectivity index (χ3n) is 18.7. The third kappa shape index (κ3) is 32.8. The summed E-state index contributed by atoms with van der Waals surface area (Å²) in [5.74, 6) is -18.7. The maximum Gasteiger partial charge on any atom is 0.335 e. The number of aromatic amines is 1. The number of primary amides is 4. The van der Waals surface area contributed by atoms with Gasteiger partial charge in [0.1, 0.15) is 78.3 Å². The zero-order valence-corrected chi connectivity index (χ0v) is 66.8. The molecule has 5 rings (SSSR count). The van der Waals surface area contributed by atoms with Crippen LogP contribution in [0.5, 0.6) is 5.75 Å². The summed E-state index contributed by atoms with van der Waals surface area (Å²) in [5.41, 5.74) is 32.7. The molecule has 4 aromatic rings. The Morgan fingerprint density at radius 2 is 1.19 bits per heavy atom. The van der Waals surface area contributed by atoms with E-state index >= 15 is 24.0 Å². The summed E-state index contributed by atoms with van der Waals surface area (Å²) in [6.45, 7) is 4.52. The van der Waals surface area contributed by atoms with Crippen LogP contribution < -0.4 is 108 Å². The summed E-state index contributed by atoms with van der Waals surface area (Å²) in [7, 11) is 0. The highest BCUT2D eigenvalue weighted by atomic mass is 32.2. The maximum absolute atomic E-state index is 15.6. The van der Waals surface area contributed by atoms with Gasteiger partial charge >= 0.3 is 5.97 Å². The van der Waals surface area contributed by atoms with Gasteiger partial charge in [-0.25, -0.2) is 4.79 Å². The Hall–Kier alpha value is -12.3. The third-order valence-corrected chi connectivity index (χ3v) is 19.8. The van der Waals surface area contributed by atoms with Crippen molar-refractivity contribution < 1.29 is 101 Å². The van der Waals surface area contributed by atoms with Crippen LogP contribution in [0.15, 0.2) is 79.0 Å². The van der Waals surface area contributed by atoms with Crippen LogP contribution >= 0.6 is 11.8 Å². The zero-order chi connectivity index (χ0) is 87.3. The number of carboxylic acids is 1. The Labute approximate surface area is 683 Å². The number of rotatable bonds is 42. The molecule has 2 heterocycles. The highest BCUT2D eigenvalue weighted by molar-refractivity contribution is 7.99. The summed E-state index contributed by atoms with van der Waals surface area (Å²) in [6.07, 6.45) is -4.33. The molecule has 0 spiro atoms. The number of nitrogens with one attached hydrogen (secondary N) is 14. The van der Waals surface area contributed by atoms with Gasteiger partial charge in [0.15, 0.2) is 0 Å². The molecule has 1 aromatic heterocycles. The molecule has 0 saturated carbocycles. The van der Waals surface area contributed by atoms with Gasteiger partial charge in [0, 0.05) is 81.9 Å². The summed E-state index contributed by atoms with van der Waals surface area (Å²) in [4.78, 5) is 251. The molecule has 3 aromatic carbocycles. The lowest BCUT2D eigenvalue weighted by Gasteiger charge is -2.34. The van der Waals surface area contributed by atoms with Crippen LogP contribution in [0.2, 0.25) is 0 Å². The van der Waals surface area contributed by atoms with Crippen molar-refractivity contribution in [3.05, 3.63) is 101 Å². The number of nitrogens with two attached hydrogens (primary N) is 6. The number of aliphatic hydroxyl groups is 1. The Kier molecular flexibility index (Phi) is 39.4. The Morgan fingerprint density at radius 1 is 0.602 bits per heavy atom. The molecular formula is C76H108N20O21S. The van der Waals surface area contributed by atoms with Gasteiger partial charge in [-0.2, -0.15) is 11.8 Å². The number of hydrogen-bond acceptors (Lipinski definition) is 23. The molecule has 644 valence electrons. The number of hydrogen-bond donors (Lipinski definition) is 22. The van der Waals surface area contributed by atoms with Gasteiger partial charge in [-0.15, -0.1) is 0 Å². The topological polar surface area (TPSA) is 685 Å². The van der Waals surface area contributed by atoms with Gasteiger partial charge in [-0.05, 0) is 131 Å². The van der Waals surface area contributed by atoms with Crippen LogP contribution in [0, 0.1) is 0 Å². The monoisotopic (exact) mass is 1670 g/mol. The molecule has 1 aliphatic heterocycles. The van der Waals surface area contributed by atoms with Crippen LogP contribution in [-0.2, 0) is 101 Å². The largest absolute Gasteiger partial charge is 0.492 e. The highest BCUT2D eigenvalue weighted by Gasteiger charge is 2.42. The minimum Gasteiger partial charge on any atom is -0.492 e. The smallest absolute Gasteiger partial charge is 0.335 e. The van der Waals surface area contributed by atoms with Crippen molar-refractivity contribution >= 4 is 129 Å². The number of amides is 17.